The van der Waals surface area contributed by atoms with E-state index < -0.39 is 10.2 Å². The van der Waals surface area contributed by atoms with Gasteiger partial charge in [0.25, 0.3) is 10.2 Å². The number of piperazine rings is 1. The zero-order valence-corrected chi connectivity index (χ0v) is 14.7. The van der Waals surface area contributed by atoms with Crippen LogP contribution in [0.1, 0.15) is 26.7 Å². The zero-order chi connectivity index (χ0) is 17.1. The Bertz CT molecular complexity index is 570. The normalized spacial score (nSPS) is 21.0. The molecule has 0 aromatic heterocycles. The number of nitrogens with one attached hydrogen (secondary N) is 2. The average molecular weight is 342 g/mol. The van der Waals surface area contributed by atoms with Crippen molar-refractivity contribution in [3.63, 3.8) is 0 Å². The molecular formula is C15H26N4O3S. The van der Waals surface area contributed by atoms with Crippen molar-refractivity contribution in [2.45, 2.75) is 26.7 Å². The fourth-order valence-corrected chi connectivity index (χ4v) is 3.93. The topological polar surface area (TPSA) is 81.8 Å². The minimum Gasteiger partial charge on any atom is -0.337 e. The van der Waals surface area contributed by atoms with Crippen LogP contribution in [-0.4, -0.2) is 62.9 Å². The number of carbonyl (C=O) groups excluding carboxylic acids is 1. The van der Waals surface area contributed by atoms with Crippen LogP contribution in [-0.2, 0) is 10.2 Å². The first-order valence-electron chi connectivity index (χ1n) is 8.02. The van der Waals surface area contributed by atoms with Gasteiger partial charge in [0, 0.05) is 32.7 Å². The first kappa shape index (κ1) is 18.0. The number of carbonyl (C=O) groups is 1. The van der Waals surface area contributed by atoms with Crippen molar-refractivity contribution in [3.05, 3.63) is 0 Å². The number of rotatable bonds is 6. The molecule has 23 heavy (non-hydrogen) atoms. The van der Waals surface area contributed by atoms with Gasteiger partial charge >= 0.3 is 6.03 Å². The van der Waals surface area contributed by atoms with Gasteiger partial charge in [0.15, 0.2) is 0 Å². The van der Waals surface area contributed by atoms with Gasteiger partial charge in [-0.2, -0.15) is 17.4 Å². The van der Waals surface area contributed by atoms with Gasteiger partial charge in [0.05, 0.1) is 6.54 Å². The Morgan fingerprint density at radius 1 is 1.26 bits per heavy atom. The quantitative estimate of drug-likeness (QED) is 0.678. The highest BCUT2D eigenvalue weighted by molar-refractivity contribution is 7.87. The highest BCUT2D eigenvalue weighted by Crippen LogP contribution is 2.51. The largest absolute Gasteiger partial charge is 0.337 e. The molecule has 0 atom stereocenters. The third-order valence-electron chi connectivity index (χ3n) is 4.93. The van der Waals surface area contributed by atoms with Crippen LogP contribution in [0.2, 0.25) is 0 Å². The standard InChI is InChI=1S/C15H26N4O3S/c1-4-7-17-23(21,22)19-10-8-18(9-11-19)14(20)16-12-15(5-6-15)13(2)3/h1,13,17H,5-12H2,2-3H3,(H,16,20). The molecule has 0 aromatic rings. The Labute approximate surface area is 139 Å². The summed E-state index contributed by atoms with van der Waals surface area (Å²) in [5, 5.41) is 3.00. The summed E-state index contributed by atoms with van der Waals surface area (Å²) >= 11 is 0. The number of hydrogen-bond acceptors (Lipinski definition) is 3. The van der Waals surface area contributed by atoms with E-state index >= 15 is 0 Å². The molecule has 0 radical (unpaired) electrons. The van der Waals surface area contributed by atoms with Gasteiger partial charge in [0.2, 0.25) is 0 Å². The number of nitrogens with zero attached hydrogens (tertiary/aromatic N) is 2. The van der Waals surface area contributed by atoms with Crippen LogP contribution in [0.4, 0.5) is 4.79 Å². The summed E-state index contributed by atoms with van der Waals surface area (Å²) < 4.78 is 27.6. The van der Waals surface area contributed by atoms with Gasteiger partial charge < -0.3 is 10.2 Å². The molecule has 1 aliphatic heterocycles. The van der Waals surface area contributed by atoms with Gasteiger partial charge in [0.1, 0.15) is 0 Å². The lowest BCUT2D eigenvalue weighted by Crippen LogP contribution is -2.55. The molecule has 2 aliphatic rings. The van der Waals surface area contributed by atoms with Crippen molar-refractivity contribution < 1.29 is 13.2 Å². The lowest BCUT2D eigenvalue weighted by Gasteiger charge is -2.34. The molecule has 0 spiro atoms. The third-order valence-corrected chi connectivity index (χ3v) is 6.49. The van der Waals surface area contributed by atoms with Crippen molar-refractivity contribution in [3.8, 4) is 12.3 Å². The summed E-state index contributed by atoms with van der Waals surface area (Å²) in [5.41, 5.74) is 0.264. The molecule has 1 saturated heterocycles. The van der Waals surface area contributed by atoms with Crippen LogP contribution in [0.5, 0.6) is 0 Å². The van der Waals surface area contributed by atoms with Crippen LogP contribution in [0.25, 0.3) is 0 Å². The minimum absolute atomic E-state index is 0.0275. The maximum Gasteiger partial charge on any atom is 0.317 e. The summed E-state index contributed by atoms with van der Waals surface area (Å²) in [6.45, 7) is 6.38. The number of urea groups is 1. The van der Waals surface area contributed by atoms with Gasteiger partial charge in [-0.3, -0.25) is 0 Å². The SMILES string of the molecule is C#CCNS(=O)(=O)N1CCN(C(=O)NCC2(C(C)C)CC2)CC1. The number of hydrogen-bond donors (Lipinski definition) is 2. The number of amides is 2. The summed E-state index contributed by atoms with van der Waals surface area (Å²) in [6.07, 6.45) is 7.39. The Kier molecular flexibility index (Phi) is 5.55. The number of terminal acetylenes is 1. The van der Waals surface area contributed by atoms with Crippen molar-refractivity contribution in [1.29, 1.82) is 0 Å². The summed E-state index contributed by atoms with van der Waals surface area (Å²) in [4.78, 5) is 13.9. The molecule has 0 bridgehead atoms. The molecule has 2 amide bonds. The van der Waals surface area contributed by atoms with Crippen LogP contribution >= 0.6 is 0 Å². The summed E-state index contributed by atoms with van der Waals surface area (Å²) in [6, 6.07) is -0.106. The molecule has 1 heterocycles. The van der Waals surface area contributed by atoms with Crippen molar-refractivity contribution in [2.24, 2.45) is 11.3 Å². The first-order valence-corrected chi connectivity index (χ1v) is 9.46. The van der Waals surface area contributed by atoms with E-state index in [9.17, 15) is 13.2 Å². The van der Waals surface area contributed by atoms with Gasteiger partial charge in [-0.15, -0.1) is 6.42 Å². The maximum absolute atomic E-state index is 12.2. The highest BCUT2D eigenvalue weighted by Gasteiger charge is 2.45. The van der Waals surface area contributed by atoms with E-state index in [0.717, 1.165) is 12.8 Å². The van der Waals surface area contributed by atoms with Gasteiger partial charge in [-0.25, -0.2) is 4.79 Å². The second-order valence-corrected chi connectivity index (χ2v) is 8.35. The minimum atomic E-state index is -3.55. The molecule has 2 rings (SSSR count). The first-order chi connectivity index (χ1) is 10.8. The van der Waals surface area contributed by atoms with E-state index in [1.165, 1.54) is 4.31 Å². The van der Waals surface area contributed by atoms with E-state index in [1.54, 1.807) is 4.90 Å². The fraction of sp³-hybridized carbons (Fsp3) is 0.800. The monoisotopic (exact) mass is 342 g/mol. The predicted octanol–water partition coefficient (Wildman–Crippen LogP) is 0.217. The lowest BCUT2D eigenvalue weighted by molar-refractivity contribution is 0.168. The van der Waals surface area contributed by atoms with E-state index in [4.69, 9.17) is 6.42 Å². The zero-order valence-electron chi connectivity index (χ0n) is 13.8. The molecular weight excluding hydrogens is 316 g/mol. The Morgan fingerprint density at radius 2 is 1.87 bits per heavy atom. The maximum atomic E-state index is 12.2. The molecule has 1 aliphatic carbocycles. The Morgan fingerprint density at radius 3 is 2.35 bits per heavy atom. The van der Waals surface area contributed by atoms with Crippen molar-refractivity contribution in [1.82, 2.24) is 19.2 Å². The molecule has 0 aromatic carbocycles. The third kappa shape index (κ3) is 4.37. The smallest absolute Gasteiger partial charge is 0.317 e. The highest BCUT2D eigenvalue weighted by atomic mass is 32.2. The summed E-state index contributed by atoms with van der Waals surface area (Å²) in [7, 11) is -3.55. The fourth-order valence-electron chi connectivity index (χ4n) is 2.84. The van der Waals surface area contributed by atoms with Crippen LogP contribution in [0.15, 0.2) is 0 Å². The van der Waals surface area contributed by atoms with Crippen molar-refractivity contribution in [2.75, 3.05) is 39.3 Å². The van der Waals surface area contributed by atoms with Crippen LogP contribution < -0.4 is 10.0 Å². The van der Waals surface area contributed by atoms with Crippen molar-refractivity contribution >= 4 is 16.2 Å². The molecule has 0 unspecified atom stereocenters. The van der Waals surface area contributed by atoms with Crippen LogP contribution in [0, 0.1) is 23.7 Å². The van der Waals surface area contributed by atoms with Gasteiger partial charge in [-0.1, -0.05) is 19.8 Å². The molecule has 130 valence electrons. The predicted molar refractivity (Wildman–Crippen MR) is 88.8 cm³/mol. The molecule has 1 saturated carbocycles. The molecule has 7 nitrogen and oxygen atoms in total. The molecule has 8 heteroatoms. The van der Waals surface area contributed by atoms with E-state index in [1.807, 2.05) is 0 Å². The second kappa shape index (κ2) is 7.07. The Hall–Kier alpha value is -1.30. The Balaban J connectivity index is 1.78. The van der Waals surface area contributed by atoms with Crippen LogP contribution in [0.3, 0.4) is 0 Å². The van der Waals surface area contributed by atoms with Gasteiger partial charge in [-0.05, 0) is 24.2 Å². The average Bonchev–Trinajstić information content (AvgIpc) is 3.32. The molecule has 2 fully saturated rings. The van der Waals surface area contributed by atoms with E-state index in [-0.39, 0.29) is 31.1 Å². The summed E-state index contributed by atoms with van der Waals surface area (Å²) in [5.74, 6) is 2.81. The lowest BCUT2D eigenvalue weighted by atomic mass is 9.92. The second-order valence-electron chi connectivity index (χ2n) is 6.59. The molecule has 2 N–H and O–H groups in total. The van der Waals surface area contributed by atoms with E-state index in [2.05, 4.69) is 29.8 Å². The van der Waals surface area contributed by atoms with E-state index in [0.29, 0.717) is 25.6 Å².